The number of allylic oxidation sites excluding steroid dienone is 1. The van der Waals surface area contributed by atoms with Gasteiger partial charge in [-0.05, 0) is 37.3 Å². The molecule has 1 N–H and O–H groups in total. The molecule has 2 rings (SSSR count). The number of ether oxygens (including phenoxy) is 2. The molecule has 0 aromatic heterocycles. The van der Waals surface area contributed by atoms with Gasteiger partial charge in [0.25, 0.3) is 6.47 Å². The van der Waals surface area contributed by atoms with E-state index in [-0.39, 0.29) is 0 Å². The first-order valence-corrected chi connectivity index (χ1v) is 7.61. The molecular weight excluding hydrogens is 304 g/mol. The maximum absolute atomic E-state index is 10.8. The molecule has 0 spiro atoms. The second kappa shape index (κ2) is 8.06. The molecule has 5 nitrogen and oxygen atoms in total. The number of anilines is 2. The Hall–Kier alpha value is -2.95. The number of nitrogens with one attached hydrogen (secondary N) is 1. The third-order valence-electron chi connectivity index (χ3n) is 3.81. The Kier molecular flexibility index (Phi) is 5.84. The van der Waals surface area contributed by atoms with E-state index in [0.717, 1.165) is 28.4 Å². The molecule has 0 unspecified atom stereocenters. The van der Waals surface area contributed by atoms with Gasteiger partial charge in [-0.3, -0.25) is 4.79 Å². The summed E-state index contributed by atoms with van der Waals surface area (Å²) in [4.78, 5) is 12.8. The van der Waals surface area contributed by atoms with Crippen molar-refractivity contribution in [2.45, 2.75) is 6.92 Å². The Bertz CT molecular complexity index is 741. The second-order valence-corrected chi connectivity index (χ2v) is 5.08. The average molecular weight is 326 g/mol. The number of carbonyl (C=O) groups is 1. The van der Waals surface area contributed by atoms with E-state index < -0.39 is 0 Å². The number of rotatable bonds is 7. The third kappa shape index (κ3) is 3.51. The minimum absolute atomic E-state index is 0.443. The van der Waals surface area contributed by atoms with E-state index in [0.29, 0.717) is 12.2 Å². The zero-order valence-corrected chi connectivity index (χ0v) is 14.4. The summed E-state index contributed by atoms with van der Waals surface area (Å²) in [5, 5.41) is 3.13. The summed E-state index contributed by atoms with van der Waals surface area (Å²) in [6.07, 6.45) is 1.98. The molecule has 0 amide bonds. The molecular formula is C19H22N2O3. The molecule has 0 bridgehead atoms. The zero-order chi connectivity index (χ0) is 17.5. The molecule has 0 saturated carbocycles. The predicted octanol–water partition coefficient (Wildman–Crippen LogP) is 3.77. The van der Waals surface area contributed by atoms with Crippen molar-refractivity contribution >= 4 is 23.5 Å². The molecule has 5 heteroatoms. The van der Waals surface area contributed by atoms with Crippen molar-refractivity contribution < 1.29 is 14.3 Å². The lowest BCUT2D eigenvalue weighted by molar-refractivity contribution is -0.120. The molecule has 24 heavy (non-hydrogen) atoms. The molecule has 0 fully saturated rings. The van der Waals surface area contributed by atoms with Crippen LogP contribution in [0.4, 0.5) is 11.4 Å². The van der Waals surface area contributed by atoms with Crippen LogP contribution in [-0.4, -0.2) is 27.7 Å². The van der Waals surface area contributed by atoms with E-state index in [2.05, 4.69) is 5.32 Å². The van der Waals surface area contributed by atoms with Gasteiger partial charge in [0, 0.05) is 31.0 Å². The van der Waals surface area contributed by atoms with Crippen LogP contribution in [0.3, 0.4) is 0 Å². The largest absolute Gasteiger partial charge is 0.495 e. The Morgan fingerprint density at radius 2 is 1.92 bits per heavy atom. The van der Waals surface area contributed by atoms with E-state index in [1.807, 2.05) is 68.4 Å². The van der Waals surface area contributed by atoms with Crippen LogP contribution >= 0.6 is 0 Å². The van der Waals surface area contributed by atoms with E-state index in [9.17, 15) is 4.79 Å². The highest BCUT2D eigenvalue weighted by Crippen LogP contribution is 2.34. The molecule has 2 aromatic carbocycles. The van der Waals surface area contributed by atoms with Gasteiger partial charge in [-0.25, -0.2) is 0 Å². The minimum Gasteiger partial charge on any atom is -0.495 e. The molecule has 0 atom stereocenters. The van der Waals surface area contributed by atoms with Gasteiger partial charge in [0.05, 0.1) is 12.8 Å². The van der Waals surface area contributed by atoms with Crippen LogP contribution in [0.2, 0.25) is 0 Å². The van der Waals surface area contributed by atoms with Gasteiger partial charge in [0.2, 0.25) is 0 Å². The Balaban J connectivity index is 2.43. The lowest BCUT2D eigenvalue weighted by Gasteiger charge is -2.25. The van der Waals surface area contributed by atoms with Gasteiger partial charge >= 0.3 is 0 Å². The van der Waals surface area contributed by atoms with Gasteiger partial charge < -0.3 is 19.7 Å². The summed E-state index contributed by atoms with van der Waals surface area (Å²) >= 11 is 0. The molecule has 0 aliphatic carbocycles. The Morgan fingerprint density at radius 1 is 1.17 bits per heavy atom. The molecule has 0 heterocycles. The maximum atomic E-state index is 10.8. The van der Waals surface area contributed by atoms with Gasteiger partial charge in [-0.2, -0.15) is 0 Å². The van der Waals surface area contributed by atoms with Crippen molar-refractivity contribution in [1.29, 1.82) is 0 Å². The number of methoxy groups -OCH3 is 1. The fourth-order valence-corrected chi connectivity index (χ4v) is 2.60. The van der Waals surface area contributed by atoms with E-state index in [4.69, 9.17) is 9.47 Å². The summed E-state index contributed by atoms with van der Waals surface area (Å²) in [6.45, 7) is 2.39. The standard InChI is InChI=1S/C19H22N2O3/c1-5-17(15-8-6-7-9-18(15)24-13-22)21(3)14-10-11-19(23-4)16(12-14)20-2/h5-13,20H,1-4H3/b17-5+. The highest BCUT2D eigenvalue weighted by Gasteiger charge is 2.15. The molecule has 0 aliphatic rings. The summed E-state index contributed by atoms with van der Waals surface area (Å²) in [6, 6.07) is 13.3. The Morgan fingerprint density at radius 3 is 2.54 bits per heavy atom. The molecule has 0 aliphatic heterocycles. The van der Waals surface area contributed by atoms with Crippen LogP contribution in [0.15, 0.2) is 48.5 Å². The van der Waals surface area contributed by atoms with Crippen molar-refractivity contribution in [2.24, 2.45) is 0 Å². The van der Waals surface area contributed by atoms with Crippen LogP contribution in [0.5, 0.6) is 11.5 Å². The van der Waals surface area contributed by atoms with Gasteiger partial charge in [-0.1, -0.05) is 18.2 Å². The first kappa shape index (κ1) is 17.4. The van der Waals surface area contributed by atoms with Crippen molar-refractivity contribution in [3.8, 4) is 11.5 Å². The zero-order valence-electron chi connectivity index (χ0n) is 14.4. The van der Waals surface area contributed by atoms with Crippen molar-refractivity contribution in [3.05, 3.63) is 54.1 Å². The van der Waals surface area contributed by atoms with Gasteiger partial charge in [0.15, 0.2) is 0 Å². The Labute approximate surface area is 142 Å². The number of para-hydroxylation sites is 1. The molecule has 0 radical (unpaired) electrons. The highest BCUT2D eigenvalue weighted by molar-refractivity contribution is 5.83. The number of hydrogen-bond acceptors (Lipinski definition) is 5. The lowest BCUT2D eigenvalue weighted by atomic mass is 10.1. The first-order valence-electron chi connectivity index (χ1n) is 7.61. The molecule has 0 saturated heterocycles. The quantitative estimate of drug-likeness (QED) is 0.785. The fraction of sp³-hybridized carbons (Fsp3) is 0.211. The second-order valence-electron chi connectivity index (χ2n) is 5.08. The third-order valence-corrected chi connectivity index (χ3v) is 3.81. The highest BCUT2D eigenvalue weighted by atomic mass is 16.5. The SMILES string of the molecule is C/C=C(\c1ccccc1OC=O)N(C)c1ccc(OC)c(NC)c1. The van der Waals surface area contributed by atoms with Gasteiger partial charge in [0.1, 0.15) is 11.5 Å². The van der Waals surface area contributed by atoms with Crippen LogP contribution in [-0.2, 0) is 4.79 Å². The van der Waals surface area contributed by atoms with Crippen LogP contribution in [0.1, 0.15) is 12.5 Å². The topological polar surface area (TPSA) is 50.8 Å². The van der Waals surface area contributed by atoms with E-state index >= 15 is 0 Å². The average Bonchev–Trinajstić information content (AvgIpc) is 2.63. The molecule has 2 aromatic rings. The maximum Gasteiger partial charge on any atom is 0.298 e. The summed E-state index contributed by atoms with van der Waals surface area (Å²) in [5.41, 5.74) is 3.65. The van der Waals surface area contributed by atoms with Crippen LogP contribution < -0.4 is 19.7 Å². The first-order chi connectivity index (χ1) is 11.7. The number of carbonyl (C=O) groups excluding carboxylic acids is 1. The number of benzene rings is 2. The van der Waals surface area contributed by atoms with E-state index in [1.54, 1.807) is 13.2 Å². The minimum atomic E-state index is 0.443. The monoisotopic (exact) mass is 326 g/mol. The van der Waals surface area contributed by atoms with E-state index in [1.165, 1.54) is 0 Å². The van der Waals surface area contributed by atoms with Crippen LogP contribution in [0.25, 0.3) is 5.70 Å². The number of hydrogen-bond donors (Lipinski definition) is 1. The smallest absolute Gasteiger partial charge is 0.298 e. The summed E-state index contributed by atoms with van der Waals surface area (Å²) < 4.78 is 10.4. The predicted molar refractivity (Wildman–Crippen MR) is 97.7 cm³/mol. The van der Waals surface area contributed by atoms with Crippen molar-refractivity contribution in [3.63, 3.8) is 0 Å². The summed E-state index contributed by atoms with van der Waals surface area (Å²) in [5.74, 6) is 1.30. The van der Waals surface area contributed by atoms with Crippen LogP contribution in [0, 0.1) is 0 Å². The van der Waals surface area contributed by atoms with Crippen molar-refractivity contribution in [1.82, 2.24) is 0 Å². The van der Waals surface area contributed by atoms with Gasteiger partial charge in [-0.15, -0.1) is 0 Å². The fourth-order valence-electron chi connectivity index (χ4n) is 2.60. The molecule has 126 valence electrons. The lowest BCUT2D eigenvalue weighted by Crippen LogP contribution is -2.16. The number of nitrogens with zero attached hydrogens (tertiary/aromatic N) is 1. The normalized spacial score (nSPS) is 10.9. The van der Waals surface area contributed by atoms with Crippen molar-refractivity contribution in [2.75, 3.05) is 31.4 Å². The summed E-state index contributed by atoms with van der Waals surface area (Å²) in [7, 11) is 5.46.